The Balaban J connectivity index is 4.97. The van der Waals surface area contributed by atoms with Crippen LogP contribution in [0, 0.1) is 5.92 Å². The maximum atomic E-state index is 11.5. The number of carbonyl (C=O) groups is 2. The van der Waals surface area contributed by atoms with E-state index in [1.165, 1.54) is 6.92 Å². The Bertz CT molecular complexity index is 252. The van der Waals surface area contributed by atoms with Gasteiger partial charge in [0.1, 0.15) is 5.60 Å². The van der Waals surface area contributed by atoms with E-state index < -0.39 is 23.5 Å². The second kappa shape index (κ2) is 6.27. The second-order valence-electron chi connectivity index (χ2n) is 3.37. The van der Waals surface area contributed by atoms with E-state index in [4.69, 9.17) is 9.47 Å². The maximum Gasteiger partial charge on any atom is 0.323 e. The average Bonchev–Trinajstić information content (AvgIpc) is 2.18. The van der Waals surface area contributed by atoms with Crippen LogP contribution in [0.5, 0.6) is 0 Å². The van der Waals surface area contributed by atoms with Gasteiger partial charge in [0.15, 0.2) is 5.92 Å². The Morgan fingerprint density at radius 1 is 1.31 bits per heavy atom. The van der Waals surface area contributed by atoms with E-state index in [-0.39, 0.29) is 13.2 Å². The van der Waals surface area contributed by atoms with Crippen molar-refractivity contribution in [2.75, 3.05) is 13.2 Å². The summed E-state index contributed by atoms with van der Waals surface area (Å²) in [6.07, 6.45) is 1.12. The fourth-order valence-electron chi connectivity index (χ4n) is 1.14. The Morgan fingerprint density at radius 2 is 1.69 bits per heavy atom. The number of rotatable bonds is 6. The van der Waals surface area contributed by atoms with Crippen LogP contribution in [0.25, 0.3) is 0 Å². The molecular formula is C11H18O5. The van der Waals surface area contributed by atoms with Crippen molar-refractivity contribution in [1.29, 1.82) is 0 Å². The summed E-state index contributed by atoms with van der Waals surface area (Å²) in [7, 11) is 0. The molecule has 0 aromatic rings. The van der Waals surface area contributed by atoms with Gasteiger partial charge in [0.05, 0.1) is 13.2 Å². The predicted molar refractivity (Wildman–Crippen MR) is 57.6 cm³/mol. The van der Waals surface area contributed by atoms with Gasteiger partial charge in [-0.1, -0.05) is 6.08 Å². The Labute approximate surface area is 95.0 Å². The Morgan fingerprint density at radius 3 is 1.94 bits per heavy atom. The topological polar surface area (TPSA) is 72.8 Å². The molecule has 0 aliphatic carbocycles. The zero-order valence-electron chi connectivity index (χ0n) is 9.86. The van der Waals surface area contributed by atoms with Crippen LogP contribution in [0.2, 0.25) is 0 Å². The molecule has 1 unspecified atom stereocenters. The molecule has 0 aliphatic heterocycles. The number of hydrogen-bond acceptors (Lipinski definition) is 5. The van der Waals surface area contributed by atoms with Gasteiger partial charge < -0.3 is 14.6 Å². The van der Waals surface area contributed by atoms with E-state index >= 15 is 0 Å². The quantitative estimate of drug-likeness (QED) is 0.412. The Kier molecular flexibility index (Phi) is 5.74. The van der Waals surface area contributed by atoms with Gasteiger partial charge in [-0.05, 0) is 20.8 Å². The summed E-state index contributed by atoms with van der Waals surface area (Å²) in [5, 5.41) is 9.86. The molecule has 0 aromatic heterocycles. The van der Waals surface area contributed by atoms with Gasteiger partial charge in [0.25, 0.3) is 0 Å². The van der Waals surface area contributed by atoms with Gasteiger partial charge in [-0.25, -0.2) is 0 Å². The number of aliphatic hydroxyl groups is 1. The normalized spacial score (nSPS) is 14.1. The first-order chi connectivity index (χ1) is 7.40. The molecule has 16 heavy (non-hydrogen) atoms. The lowest BCUT2D eigenvalue weighted by Crippen LogP contribution is -2.44. The molecule has 0 heterocycles. The van der Waals surface area contributed by atoms with Gasteiger partial charge in [0.2, 0.25) is 0 Å². The van der Waals surface area contributed by atoms with Crippen LogP contribution in [0.15, 0.2) is 12.7 Å². The zero-order valence-corrected chi connectivity index (χ0v) is 9.86. The van der Waals surface area contributed by atoms with Crippen molar-refractivity contribution in [3.8, 4) is 0 Å². The molecule has 0 rings (SSSR count). The fourth-order valence-corrected chi connectivity index (χ4v) is 1.14. The summed E-state index contributed by atoms with van der Waals surface area (Å²) < 4.78 is 9.42. The van der Waals surface area contributed by atoms with Crippen LogP contribution < -0.4 is 0 Å². The third-order valence-corrected chi connectivity index (χ3v) is 2.04. The first kappa shape index (κ1) is 14.6. The second-order valence-corrected chi connectivity index (χ2v) is 3.37. The van der Waals surface area contributed by atoms with Crippen molar-refractivity contribution in [2.45, 2.75) is 26.4 Å². The summed E-state index contributed by atoms with van der Waals surface area (Å²) in [6.45, 7) is 8.16. The van der Waals surface area contributed by atoms with Crippen molar-refractivity contribution >= 4 is 11.9 Å². The first-order valence-electron chi connectivity index (χ1n) is 5.09. The molecule has 0 bridgehead atoms. The fraction of sp³-hybridized carbons (Fsp3) is 0.636. The molecule has 0 radical (unpaired) electrons. The van der Waals surface area contributed by atoms with Crippen LogP contribution in [-0.2, 0) is 19.1 Å². The monoisotopic (exact) mass is 230 g/mol. The predicted octanol–water partition coefficient (Wildman–Crippen LogP) is 0.666. The lowest BCUT2D eigenvalue weighted by atomic mass is 9.89. The van der Waals surface area contributed by atoms with Gasteiger partial charge in [-0.2, -0.15) is 0 Å². The molecule has 0 aromatic carbocycles. The standard InChI is InChI=1S/C11H18O5/c1-5-11(4,14)8(9(12)15-6-2)10(13)16-7-3/h5,8,14H,1,6-7H2,2-4H3. The van der Waals surface area contributed by atoms with Gasteiger partial charge in [-0.15, -0.1) is 6.58 Å². The molecule has 0 spiro atoms. The van der Waals surface area contributed by atoms with E-state index in [2.05, 4.69) is 6.58 Å². The minimum atomic E-state index is -1.68. The van der Waals surface area contributed by atoms with E-state index in [0.717, 1.165) is 6.08 Å². The maximum absolute atomic E-state index is 11.5. The van der Waals surface area contributed by atoms with E-state index in [9.17, 15) is 14.7 Å². The lowest BCUT2D eigenvalue weighted by molar-refractivity contribution is -0.170. The SMILES string of the molecule is C=CC(C)(O)C(C(=O)OCC)C(=O)OCC. The summed E-state index contributed by atoms with van der Waals surface area (Å²) >= 11 is 0. The van der Waals surface area contributed by atoms with E-state index in [1.807, 2.05) is 0 Å². The van der Waals surface area contributed by atoms with Crippen molar-refractivity contribution in [3.63, 3.8) is 0 Å². The number of ether oxygens (including phenoxy) is 2. The third-order valence-electron chi connectivity index (χ3n) is 2.04. The average molecular weight is 230 g/mol. The lowest BCUT2D eigenvalue weighted by Gasteiger charge is -2.26. The van der Waals surface area contributed by atoms with Crippen molar-refractivity contribution < 1.29 is 24.2 Å². The third kappa shape index (κ3) is 3.66. The summed E-state index contributed by atoms with van der Waals surface area (Å²) in [6, 6.07) is 0. The zero-order chi connectivity index (χ0) is 12.8. The van der Waals surface area contributed by atoms with Crippen molar-refractivity contribution in [3.05, 3.63) is 12.7 Å². The van der Waals surface area contributed by atoms with Crippen LogP contribution in [0.4, 0.5) is 0 Å². The summed E-state index contributed by atoms with van der Waals surface area (Å²) in [4.78, 5) is 23.1. The number of esters is 2. The molecule has 0 fully saturated rings. The molecule has 5 nitrogen and oxygen atoms in total. The molecule has 0 aliphatic rings. The number of carbonyl (C=O) groups excluding carboxylic acids is 2. The highest BCUT2D eigenvalue weighted by atomic mass is 16.6. The molecule has 5 heteroatoms. The smallest absolute Gasteiger partial charge is 0.323 e. The molecule has 0 amide bonds. The molecule has 1 N–H and O–H groups in total. The van der Waals surface area contributed by atoms with E-state index in [0.29, 0.717) is 0 Å². The first-order valence-corrected chi connectivity index (χ1v) is 5.09. The highest BCUT2D eigenvalue weighted by molar-refractivity contribution is 5.96. The highest BCUT2D eigenvalue weighted by Gasteiger charge is 2.43. The van der Waals surface area contributed by atoms with E-state index in [1.54, 1.807) is 13.8 Å². The summed E-state index contributed by atoms with van der Waals surface area (Å²) in [5.74, 6) is -3.03. The number of hydrogen-bond donors (Lipinski definition) is 1. The van der Waals surface area contributed by atoms with Crippen LogP contribution >= 0.6 is 0 Å². The summed E-state index contributed by atoms with van der Waals surface area (Å²) in [5.41, 5.74) is -1.68. The van der Waals surface area contributed by atoms with Crippen LogP contribution in [0.1, 0.15) is 20.8 Å². The van der Waals surface area contributed by atoms with Gasteiger partial charge >= 0.3 is 11.9 Å². The van der Waals surface area contributed by atoms with Crippen LogP contribution in [0.3, 0.4) is 0 Å². The van der Waals surface area contributed by atoms with Crippen LogP contribution in [-0.4, -0.2) is 35.9 Å². The molecule has 92 valence electrons. The minimum absolute atomic E-state index is 0.127. The molecule has 0 saturated carbocycles. The van der Waals surface area contributed by atoms with Crippen molar-refractivity contribution in [1.82, 2.24) is 0 Å². The molecular weight excluding hydrogens is 212 g/mol. The van der Waals surface area contributed by atoms with Gasteiger partial charge in [-0.3, -0.25) is 9.59 Å². The molecule has 1 atom stereocenters. The molecule has 0 saturated heterocycles. The van der Waals surface area contributed by atoms with Crippen molar-refractivity contribution in [2.24, 2.45) is 5.92 Å². The van der Waals surface area contributed by atoms with Gasteiger partial charge in [0, 0.05) is 0 Å². The Hall–Kier alpha value is -1.36. The highest BCUT2D eigenvalue weighted by Crippen LogP contribution is 2.21. The largest absolute Gasteiger partial charge is 0.465 e. The minimum Gasteiger partial charge on any atom is -0.465 e.